The number of halogens is 4. The van der Waals surface area contributed by atoms with Crippen LogP contribution in [0.25, 0.3) is 0 Å². The van der Waals surface area contributed by atoms with Crippen LogP contribution in [0.4, 0.5) is 17.6 Å². The highest BCUT2D eigenvalue weighted by Crippen LogP contribution is 2.45. The lowest BCUT2D eigenvalue weighted by molar-refractivity contribution is -0.267. The van der Waals surface area contributed by atoms with Gasteiger partial charge in [0, 0.05) is 5.56 Å². The summed E-state index contributed by atoms with van der Waals surface area (Å²) in [6.45, 7) is 0. The van der Waals surface area contributed by atoms with Crippen LogP contribution in [0.5, 0.6) is 0 Å². The summed E-state index contributed by atoms with van der Waals surface area (Å²) in [4.78, 5) is 13.1. The van der Waals surface area contributed by atoms with E-state index in [9.17, 15) is 27.5 Å². The summed E-state index contributed by atoms with van der Waals surface area (Å²) < 4.78 is 55.4. The van der Waals surface area contributed by atoms with Crippen LogP contribution in [0.1, 0.15) is 22.0 Å². The standard InChI is InChI=1S/C19H16F4N2O2S/c20-16(21)18(22,23)19(27)13(15(26)12-9-5-2-6-10-12)14(24-17(28)25-19)11-7-3-1-4-8-11/h1-10,13-14,16,27H,(H2,24,25,28). The first-order valence-electron chi connectivity index (χ1n) is 8.29. The van der Waals surface area contributed by atoms with Crippen molar-refractivity contribution in [2.45, 2.75) is 24.1 Å². The van der Waals surface area contributed by atoms with Gasteiger partial charge in [-0.15, -0.1) is 0 Å². The Bertz CT molecular complexity index is 867. The third kappa shape index (κ3) is 3.35. The zero-order chi connectivity index (χ0) is 20.5. The predicted octanol–water partition coefficient (Wildman–Crippen LogP) is 3.29. The van der Waals surface area contributed by atoms with E-state index in [4.69, 9.17) is 12.2 Å². The van der Waals surface area contributed by atoms with E-state index in [1.165, 1.54) is 36.4 Å². The number of carbonyl (C=O) groups excluding carboxylic acids is 1. The zero-order valence-corrected chi connectivity index (χ0v) is 15.1. The summed E-state index contributed by atoms with van der Waals surface area (Å²) in [5.74, 6) is -7.88. The maximum atomic E-state index is 14.5. The molecular formula is C19H16F4N2O2S. The van der Waals surface area contributed by atoms with Gasteiger partial charge in [0.15, 0.2) is 10.9 Å². The van der Waals surface area contributed by atoms with E-state index in [0.717, 1.165) is 0 Å². The van der Waals surface area contributed by atoms with Gasteiger partial charge in [0.1, 0.15) is 5.92 Å². The van der Waals surface area contributed by atoms with Crippen molar-refractivity contribution >= 4 is 23.1 Å². The average molecular weight is 412 g/mol. The molecule has 0 spiro atoms. The Labute approximate surface area is 163 Å². The van der Waals surface area contributed by atoms with Crippen molar-refractivity contribution in [3.63, 3.8) is 0 Å². The van der Waals surface area contributed by atoms with Crippen molar-refractivity contribution in [3.8, 4) is 0 Å². The fourth-order valence-electron chi connectivity index (χ4n) is 3.27. The number of aliphatic hydroxyl groups is 1. The summed E-state index contributed by atoms with van der Waals surface area (Å²) in [5, 5.41) is 14.8. The normalized spacial score (nSPS) is 25.1. The van der Waals surface area contributed by atoms with Crippen LogP contribution in [0.15, 0.2) is 60.7 Å². The lowest BCUT2D eigenvalue weighted by Gasteiger charge is -2.48. The number of rotatable bonds is 5. The third-order valence-electron chi connectivity index (χ3n) is 4.66. The topological polar surface area (TPSA) is 61.4 Å². The molecular weight excluding hydrogens is 396 g/mol. The average Bonchev–Trinajstić information content (AvgIpc) is 2.68. The van der Waals surface area contributed by atoms with E-state index in [-0.39, 0.29) is 5.56 Å². The van der Waals surface area contributed by atoms with E-state index in [2.05, 4.69) is 5.32 Å². The molecule has 1 heterocycles. The molecule has 0 amide bonds. The number of hydrogen-bond acceptors (Lipinski definition) is 3. The van der Waals surface area contributed by atoms with Gasteiger partial charge in [-0.05, 0) is 17.8 Å². The predicted molar refractivity (Wildman–Crippen MR) is 98.2 cm³/mol. The molecule has 4 nitrogen and oxygen atoms in total. The van der Waals surface area contributed by atoms with Gasteiger partial charge < -0.3 is 15.7 Å². The summed E-state index contributed by atoms with van der Waals surface area (Å²) in [5.41, 5.74) is -3.27. The molecule has 3 N–H and O–H groups in total. The Hall–Kier alpha value is -2.52. The van der Waals surface area contributed by atoms with E-state index in [1.54, 1.807) is 24.3 Å². The van der Waals surface area contributed by atoms with Crippen LogP contribution in [0, 0.1) is 5.92 Å². The second kappa shape index (κ2) is 7.48. The van der Waals surface area contributed by atoms with Gasteiger partial charge in [-0.25, -0.2) is 8.78 Å². The minimum Gasteiger partial charge on any atom is -0.365 e. The van der Waals surface area contributed by atoms with Crippen molar-refractivity contribution in [3.05, 3.63) is 71.8 Å². The minimum atomic E-state index is -4.96. The van der Waals surface area contributed by atoms with Crippen LogP contribution in [-0.2, 0) is 0 Å². The molecule has 3 atom stereocenters. The lowest BCUT2D eigenvalue weighted by atomic mass is 9.75. The summed E-state index contributed by atoms with van der Waals surface area (Å²) in [6.07, 6.45) is -4.23. The van der Waals surface area contributed by atoms with Crippen LogP contribution in [-0.4, -0.2) is 34.1 Å². The van der Waals surface area contributed by atoms with Crippen molar-refractivity contribution in [1.82, 2.24) is 10.6 Å². The summed E-state index contributed by atoms with van der Waals surface area (Å²) >= 11 is 4.87. The maximum absolute atomic E-state index is 14.5. The van der Waals surface area contributed by atoms with Gasteiger partial charge in [0.2, 0.25) is 5.72 Å². The Morgan fingerprint density at radius 2 is 1.61 bits per heavy atom. The summed E-state index contributed by atoms with van der Waals surface area (Å²) in [7, 11) is 0. The first-order chi connectivity index (χ1) is 13.2. The quantitative estimate of drug-likeness (QED) is 0.400. The molecule has 148 valence electrons. The molecule has 2 aromatic rings. The van der Waals surface area contributed by atoms with Gasteiger partial charge in [0.25, 0.3) is 0 Å². The highest BCUT2D eigenvalue weighted by Gasteiger charge is 2.68. The monoisotopic (exact) mass is 412 g/mol. The lowest BCUT2D eigenvalue weighted by Crippen LogP contribution is -2.75. The van der Waals surface area contributed by atoms with Gasteiger partial charge in [-0.2, -0.15) is 8.78 Å². The molecule has 0 radical (unpaired) electrons. The van der Waals surface area contributed by atoms with Crippen LogP contribution < -0.4 is 10.6 Å². The highest BCUT2D eigenvalue weighted by atomic mass is 32.1. The number of carbonyl (C=O) groups is 1. The van der Waals surface area contributed by atoms with Crippen LogP contribution >= 0.6 is 12.2 Å². The van der Waals surface area contributed by atoms with Gasteiger partial charge in [-0.1, -0.05) is 60.7 Å². The molecule has 0 bridgehead atoms. The van der Waals surface area contributed by atoms with E-state index >= 15 is 0 Å². The molecule has 9 heteroatoms. The van der Waals surface area contributed by atoms with Gasteiger partial charge >= 0.3 is 12.3 Å². The fourth-order valence-corrected chi connectivity index (χ4v) is 3.55. The number of thiocarbonyl (C=S) groups is 1. The van der Waals surface area contributed by atoms with Crippen molar-refractivity contribution in [2.24, 2.45) is 5.92 Å². The number of nitrogens with one attached hydrogen (secondary N) is 2. The number of ketones is 1. The number of hydrogen-bond donors (Lipinski definition) is 3. The second-order valence-electron chi connectivity index (χ2n) is 6.38. The van der Waals surface area contributed by atoms with Crippen molar-refractivity contribution in [2.75, 3.05) is 0 Å². The Morgan fingerprint density at radius 1 is 1.07 bits per heavy atom. The van der Waals surface area contributed by atoms with E-state index in [0.29, 0.717) is 5.56 Å². The fraction of sp³-hybridized carbons (Fsp3) is 0.263. The maximum Gasteiger partial charge on any atom is 0.354 e. The van der Waals surface area contributed by atoms with E-state index in [1.807, 2.05) is 5.32 Å². The Morgan fingerprint density at radius 3 is 2.14 bits per heavy atom. The minimum absolute atomic E-state index is 0.00617. The molecule has 1 fully saturated rings. The largest absolute Gasteiger partial charge is 0.365 e. The molecule has 3 rings (SSSR count). The SMILES string of the molecule is O=C(c1ccccc1)C1C(c2ccccc2)NC(=S)NC1(O)C(F)(F)C(F)F. The zero-order valence-electron chi connectivity index (χ0n) is 14.3. The van der Waals surface area contributed by atoms with Gasteiger partial charge in [0.05, 0.1) is 6.04 Å². The molecule has 1 saturated heterocycles. The Kier molecular flexibility index (Phi) is 5.40. The molecule has 0 saturated carbocycles. The molecule has 1 aliphatic rings. The molecule has 28 heavy (non-hydrogen) atoms. The Balaban J connectivity index is 2.19. The van der Waals surface area contributed by atoms with Crippen molar-refractivity contribution < 1.29 is 27.5 Å². The number of Topliss-reactive ketones (excluding diaryl/α,β-unsaturated/α-hetero) is 1. The smallest absolute Gasteiger partial charge is 0.354 e. The number of alkyl halides is 4. The van der Waals surface area contributed by atoms with Crippen molar-refractivity contribution in [1.29, 1.82) is 0 Å². The first-order valence-corrected chi connectivity index (χ1v) is 8.70. The molecule has 2 aromatic carbocycles. The number of benzene rings is 2. The second-order valence-corrected chi connectivity index (χ2v) is 6.79. The molecule has 0 aliphatic carbocycles. The van der Waals surface area contributed by atoms with Gasteiger partial charge in [-0.3, -0.25) is 4.79 Å². The van der Waals surface area contributed by atoms with Crippen LogP contribution in [0.2, 0.25) is 0 Å². The van der Waals surface area contributed by atoms with E-state index < -0.39 is 40.9 Å². The third-order valence-corrected chi connectivity index (χ3v) is 4.88. The first kappa shape index (κ1) is 20.2. The summed E-state index contributed by atoms with van der Waals surface area (Å²) in [6, 6.07) is 14.0. The molecule has 1 aliphatic heterocycles. The highest BCUT2D eigenvalue weighted by molar-refractivity contribution is 7.80. The van der Waals surface area contributed by atoms with Crippen LogP contribution in [0.3, 0.4) is 0 Å². The molecule has 0 aromatic heterocycles. The molecule has 3 unspecified atom stereocenters.